The van der Waals surface area contributed by atoms with Crippen LogP contribution in [0.3, 0.4) is 0 Å². The van der Waals surface area contributed by atoms with E-state index in [0.717, 1.165) is 24.5 Å². The summed E-state index contributed by atoms with van der Waals surface area (Å²) in [4.78, 5) is 18.0. The molecule has 1 aliphatic heterocycles. The second-order valence-corrected chi connectivity index (χ2v) is 6.53. The van der Waals surface area contributed by atoms with Gasteiger partial charge in [-0.1, -0.05) is 11.6 Å². The van der Waals surface area contributed by atoms with Gasteiger partial charge in [-0.2, -0.15) is 13.2 Å². The maximum Gasteiger partial charge on any atom is 0.417 e. The highest BCUT2D eigenvalue weighted by molar-refractivity contribution is 6.32. The first-order valence-corrected chi connectivity index (χ1v) is 8.56. The van der Waals surface area contributed by atoms with Crippen molar-refractivity contribution < 1.29 is 18.0 Å². The molecule has 5 nitrogen and oxygen atoms in total. The minimum Gasteiger partial charge on any atom is -0.368 e. The zero-order chi connectivity index (χ0) is 18.9. The molecule has 0 unspecified atom stereocenters. The summed E-state index contributed by atoms with van der Waals surface area (Å²) in [6.07, 6.45) is -1.58. The maximum absolute atomic E-state index is 12.6. The van der Waals surface area contributed by atoms with Gasteiger partial charge in [0.25, 0.3) is 0 Å². The van der Waals surface area contributed by atoms with Gasteiger partial charge in [0.2, 0.25) is 5.91 Å². The number of hydrogen-bond acceptors (Lipinski definition) is 3. The number of alkyl halides is 3. The highest BCUT2D eigenvalue weighted by atomic mass is 35.5. The number of halogens is 4. The molecule has 26 heavy (non-hydrogen) atoms. The summed E-state index contributed by atoms with van der Waals surface area (Å²) in [5, 5.41) is 2.70. The first-order chi connectivity index (χ1) is 12.3. The fourth-order valence-electron chi connectivity index (χ4n) is 3.07. The molecule has 1 atom stereocenters. The Bertz CT molecular complexity index is 806. The average Bonchev–Trinajstić information content (AvgIpc) is 3.05. The van der Waals surface area contributed by atoms with Crippen molar-refractivity contribution >= 4 is 23.3 Å². The standard InChI is InChI=1S/C17H18ClF3N4O/c1-11-14-3-2-6-24(14)7-8-25(11)15(26)4-5-22-16-13(18)9-12(10-23-16)17(19,20)21/h2-3,6,9-11H,4-5,7-8H2,1H3,(H,22,23)/t11-/m1/s1. The van der Waals surface area contributed by atoms with Gasteiger partial charge in [0.15, 0.2) is 0 Å². The van der Waals surface area contributed by atoms with E-state index in [2.05, 4.69) is 14.9 Å². The number of aromatic nitrogens is 2. The average molecular weight is 387 g/mol. The molecule has 0 saturated carbocycles. The third-order valence-electron chi connectivity index (χ3n) is 4.46. The van der Waals surface area contributed by atoms with E-state index >= 15 is 0 Å². The Morgan fingerprint density at radius 2 is 2.19 bits per heavy atom. The van der Waals surface area contributed by atoms with E-state index in [1.807, 2.05) is 25.3 Å². The Hall–Kier alpha value is -2.22. The molecule has 0 fully saturated rings. The van der Waals surface area contributed by atoms with Crippen molar-refractivity contribution in [2.24, 2.45) is 0 Å². The van der Waals surface area contributed by atoms with Crippen LogP contribution < -0.4 is 5.32 Å². The van der Waals surface area contributed by atoms with Gasteiger partial charge in [-0.25, -0.2) is 4.98 Å². The zero-order valence-corrected chi connectivity index (χ0v) is 14.8. The van der Waals surface area contributed by atoms with E-state index in [1.54, 1.807) is 4.90 Å². The number of fused-ring (bicyclic) bond motifs is 1. The quantitative estimate of drug-likeness (QED) is 0.865. The number of pyridine rings is 1. The van der Waals surface area contributed by atoms with E-state index in [4.69, 9.17) is 11.6 Å². The van der Waals surface area contributed by atoms with Crippen molar-refractivity contribution in [3.63, 3.8) is 0 Å². The highest BCUT2D eigenvalue weighted by Gasteiger charge is 2.31. The van der Waals surface area contributed by atoms with Gasteiger partial charge in [0.1, 0.15) is 5.82 Å². The van der Waals surface area contributed by atoms with Crippen LogP contribution in [0.15, 0.2) is 30.6 Å². The summed E-state index contributed by atoms with van der Waals surface area (Å²) in [5.74, 6) is 0.105. The maximum atomic E-state index is 12.6. The summed E-state index contributed by atoms with van der Waals surface area (Å²) in [5.41, 5.74) is 0.180. The normalized spacial score (nSPS) is 17.1. The molecule has 0 spiro atoms. The fraction of sp³-hybridized carbons (Fsp3) is 0.412. The van der Waals surface area contributed by atoms with Crippen molar-refractivity contribution in [3.8, 4) is 0 Å². The summed E-state index contributed by atoms with van der Waals surface area (Å²) >= 11 is 5.84. The molecular weight excluding hydrogens is 369 g/mol. The van der Waals surface area contributed by atoms with E-state index in [1.165, 1.54) is 0 Å². The largest absolute Gasteiger partial charge is 0.417 e. The number of hydrogen-bond donors (Lipinski definition) is 1. The Morgan fingerprint density at radius 3 is 2.88 bits per heavy atom. The third-order valence-corrected chi connectivity index (χ3v) is 4.75. The third kappa shape index (κ3) is 3.80. The predicted molar refractivity (Wildman–Crippen MR) is 91.9 cm³/mol. The molecule has 1 amide bonds. The van der Waals surface area contributed by atoms with Gasteiger partial charge in [0.05, 0.1) is 16.6 Å². The number of anilines is 1. The van der Waals surface area contributed by atoms with Crippen LogP contribution >= 0.6 is 11.6 Å². The number of nitrogens with one attached hydrogen (secondary N) is 1. The molecule has 2 aromatic heterocycles. The summed E-state index contributed by atoms with van der Waals surface area (Å²) in [6, 6.07) is 4.76. The van der Waals surface area contributed by atoms with Crippen LogP contribution in [0.2, 0.25) is 5.02 Å². The SMILES string of the molecule is C[C@@H]1c2cccn2CCN1C(=O)CCNc1ncc(C(F)(F)F)cc1Cl. The molecule has 9 heteroatoms. The smallest absolute Gasteiger partial charge is 0.368 e. The zero-order valence-electron chi connectivity index (χ0n) is 14.1. The van der Waals surface area contributed by atoms with Crippen LogP contribution in [0.5, 0.6) is 0 Å². The lowest BCUT2D eigenvalue weighted by Gasteiger charge is -2.35. The minimum absolute atomic E-state index is 0.0148. The van der Waals surface area contributed by atoms with Crippen molar-refractivity contribution in [1.82, 2.24) is 14.5 Å². The van der Waals surface area contributed by atoms with Crippen LogP contribution in [0, 0.1) is 0 Å². The molecule has 3 rings (SSSR count). The number of nitrogens with zero attached hydrogens (tertiary/aromatic N) is 3. The molecule has 140 valence electrons. The Morgan fingerprint density at radius 1 is 1.42 bits per heavy atom. The molecule has 0 bridgehead atoms. The first-order valence-electron chi connectivity index (χ1n) is 8.18. The molecule has 0 aromatic carbocycles. The molecular formula is C17H18ClF3N4O. The van der Waals surface area contributed by atoms with Crippen LogP contribution in [-0.2, 0) is 17.5 Å². The van der Waals surface area contributed by atoms with Crippen molar-refractivity contribution in [2.75, 3.05) is 18.4 Å². The van der Waals surface area contributed by atoms with Gasteiger partial charge in [-0.15, -0.1) is 0 Å². The first kappa shape index (κ1) is 18.6. The lowest BCUT2D eigenvalue weighted by Crippen LogP contribution is -2.41. The van der Waals surface area contributed by atoms with E-state index in [-0.39, 0.29) is 35.8 Å². The Kier molecular flexibility index (Phi) is 5.13. The van der Waals surface area contributed by atoms with Crippen LogP contribution in [0.1, 0.15) is 30.6 Å². The molecule has 3 heterocycles. The lowest BCUT2D eigenvalue weighted by atomic mass is 10.1. The van der Waals surface area contributed by atoms with E-state index < -0.39 is 11.7 Å². The van der Waals surface area contributed by atoms with Gasteiger partial charge < -0.3 is 14.8 Å². The Balaban J connectivity index is 1.56. The number of rotatable bonds is 4. The number of carbonyl (C=O) groups excluding carboxylic acids is 1. The summed E-state index contributed by atoms with van der Waals surface area (Å²) in [6.45, 7) is 3.59. The second-order valence-electron chi connectivity index (χ2n) is 6.12. The highest BCUT2D eigenvalue weighted by Crippen LogP contribution is 2.32. The molecule has 0 saturated heterocycles. The van der Waals surface area contributed by atoms with Crippen LogP contribution in [0.4, 0.5) is 19.0 Å². The monoisotopic (exact) mass is 386 g/mol. The van der Waals surface area contributed by atoms with Gasteiger partial charge in [-0.05, 0) is 25.1 Å². The fourth-order valence-corrected chi connectivity index (χ4v) is 3.31. The molecule has 0 aliphatic carbocycles. The van der Waals surface area contributed by atoms with Gasteiger partial charge in [-0.3, -0.25) is 4.79 Å². The van der Waals surface area contributed by atoms with Crippen LogP contribution in [-0.4, -0.2) is 33.4 Å². The lowest BCUT2D eigenvalue weighted by molar-refractivity contribution is -0.138. The summed E-state index contributed by atoms with van der Waals surface area (Å²) < 4.78 is 40.0. The molecule has 2 aromatic rings. The van der Waals surface area contributed by atoms with Crippen molar-refractivity contribution in [1.29, 1.82) is 0 Å². The van der Waals surface area contributed by atoms with E-state index in [0.29, 0.717) is 6.54 Å². The minimum atomic E-state index is -4.49. The molecule has 0 radical (unpaired) electrons. The predicted octanol–water partition coefficient (Wildman–Crippen LogP) is 3.96. The van der Waals surface area contributed by atoms with Crippen molar-refractivity contribution in [3.05, 3.63) is 46.9 Å². The van der Waals surface area contributed by atoms with Crippen molar-refractivity contribution in [2.45, 2.75) is 32.1 Å². The van der Waals surface area contributed by atoms with Gasteiger partial charge in [0, 0.05) is 44.1 Å². The number of amides is 1. The van der Waals surface area contributed by atoms with Gasteiger partial charge >= 0.3 is 6.18 Å². The number of carbonyl (C=O) groups is 1. The Labute approximate surface area is 153 Å². The topological polar surface area (TPSA) is 50.2 Å². The summed E-state index contributed by atoms with van der Waals surface area (Å²) in [7, 11) is 0. The molecule has 1 aliphatic rings. The van der Waals surface area contributed by atoms with Crippen LogP contribution in [0.25, 0.3) is 0 Å². The second kappa shape index (κ2) is 7.19. The van der Waals surface area contributed by atoms with E-state index in [9.17, 15) is 18.0 Å². The molecule has 1 N–H and O–H groups in total.